The zero-order valence-corrected chi connectivity index (χ0v) is 26.6. The number of anilines is 1. The van der Waals surface area contributed by atoms with E-state index in [1.54, 1.807) is 0 Å². The van der Waals surface area contributed by atoms with Gasteiger partial charge < -0.3 is 14.3 Å². The van der Waals surface area contributed by atoms with Crippen molar-refractivity contribution >= 4 is 28.3 Å². The van der Waals surface area contributed by atoms with Crippen LogP contribution in [0.1, 0.15) is 97.5 Å². The number of imidazole rings is 1. The van der Waals surface area contributed by atoms with Crippen molar-refractivity contribution in [3.8, 4) is 11.3 Å². The van der Waals surface area contributed by atoms with Crippen LogP contribution < -0.4 is 5.32 Å². The first-order valence-corrected chi connectivity index (χ1v) is 15.1. The second-order valence-electron chi connectivity index (χ2n) is 12.0. The lowest BCUT2D eigenvalue weighted by Gasteiger charge is -2.29. The lowest BCUT2D eigenvalue weighted by Crippen LogP contribution is -2.21. The highest BCUT2D eigenvalue weighted by Gasteiger charge is 2.28. The van der Waals surface area contributed by atoms with E-state index < -0.39 is 0 Å². The van der Waals surface area contributed by atoms with Crippen molar-refractivity contribution in [1.82, 2.24) is 9.55 Å². The van der Waals surface area contributed by atoms with Crippen LogP contribution in [0.2, 0.25) is 5.02 Å². The minimum atomic E-state index is -0.172. The highest BCUT2D eigenvalue weighted by Crippen LogP contribution is 2.41. The molecule has 0 saturated heterocycles. The number of aryl methyl sites for hydroxylation is 5. The minimum absolute atomic E-state index is 0.172. The fourth-order valence-corrected chi connectivity index (χ4v) is 6.51. The van der Waals surface area contributed by atoms with Crippen molar-refractivity contribution in [1.29, 1.82) is 0 Å². The molecule has 0 bridgehead atoms. The lowest BCUT2D eigenvalue weighted by atomic mass is 9.89. The maximum Gasteiger partial charge on any atom is 0.136 e. The third-order valence-electron chi connectivity index (χ3n) is 8.14. The van der Waals surface area contributed by atoms with E-state index in [4.69, 9.17) is 21.0 Å². The van der Waals surface area contributed by atoms with Crippen molar-refractivity contribution in [2.75, 3.05) is 5.32 Å². The van der Waals surface area contributed by atoms with Gasteiger partial charge in [-0.25, -0.2) is 4.98 Å². The molecule has 5 aromatic rings. The van der Waals surface area contributed by atoms with Gasteiger partial charge in [0.15, 0.2) is 0 Å². The van der Waals surface area contributed by atoms with Crippen LogP contribution in [0.25, 0.3) is 22.2 Å². The molecule has 0 radical (unpaired) electrons. The molecule has 5 heteroatoms. The summed E-state index contributed by atoms with van der Waals surface area (Å²) in [6.07, 6.45) is 2.95. The molecular formula is C36H42ClN3O. The molecule has 1 N–H and O–H groups in total. The first kappa shape index (κ1) is 29.0. The lowest BCUT2D eigenvalue weighted by molar-refractivity contribution is 0.558. The topological polar surface area (TPSA) is 43.0 Å². The number of hydrogen-bond acceptors (Lipinski definition) is 3. The van der Waals surface area contributed by atoms with E-state index in [2.05, 4.69) is 115 Å². The first-order chi connectivity index (χ1) is 19.5. The fraction of sp³-hybridized carbons (Fsp3) is 0.361. The number of hydrogen-bond donors (Lipinski definition) is 1. The third kappa shape index (κ3) is 5.42. The SMILES string of the molecule is CCc1oc2ccccc2c1-c1cn(C)c(C(Nc2c(C(C)C)cc(Cl)cc2C(C)C)c2c(C)cc(C)cc2C)n1. The van der Waals surface area contributed by atoms with Crippen LogP contribution in [0.5, 0.6) is 0 Å². The van der Waals surface area contributed by atoms with Crippen LogP contribution >= 0.6 is 11.6 Å². The molecule has 1 atom stereocenters. The number of nitrogens with one attached hydrogen (secondary N) is 1. The van der Waals surface area contributed by atoms with Gasteiger partial charge in [0.2, 0.25) is 0 Å². The van der Waals surface area contributed by atoms with E-state index >= 15 is 0 Å². The van der Waals surface area contributed by atoms with E-state index in [0.717, 1.165) is 50.9 Å². The standard InChI is InChI=1S/C36H42ClN3O/c1-10-30-33(26-13-11-12-14-31(26)41-30)29-19-40(9)36(38-29)35(32-23(7)15-22(6)16-24(32)8)39-34-27(20(2)3)17-25(37)18-28(34)21(4)5/h11-21,35,39H,10H2,1-9H3. The van der Waals surface area contributed by atoms with Crippen molar-refractivity contribution in [3.05, 3.63) is 105 Å². The minimum Gasteiger partial charge on any atom is -0.460 e. The van der Waals surface area contributed by atoms with Gasteiger partial charge in [0.1, 0.15) is 23.2 Å². The Hall–Kier alpha value is -3.50. The summed E-state index contributed by atoms with van der Waals surface area (Å²) in [5.41, 5.74) is 11.5. The molecule has 41 heavy (non-hydrogen) atoms. The Morgan fingerprint density at radius 3 is 2.12 bits per heavy atom. The summed E-state index contributed by atoms with van der Waals surface area (Å²) in [6, 6.07) is 16.8. The van der Waals surface area contributed by atoms with E-state index in [1.165, 1.54) is 33.4 Å². The van der Waals surface area contributed by atoms with Crippen LogP contribution in [0.3, 0.4) is 0 Å². The van der Waals surface area contributed by atoms with Gasteiger partial charge in [0.25, 0.3) is 0 Å². The molecule has 0 aliphatic carbocycles. The average Bonchev–Trinajstić information content (AvgIpc) is 3.47. The number of fused-ring (bicyclic) bond motifs is 1. The number of para-hydroxylation sites is 1. The van der Waals surface area contributed by atoms with Crippen LogP contribution in [0, 0.1) is 20.8 Å². The molecule has 0 fully saturated rings. The highest BCUT2D eigenvalue weighted by molar-refractivity contribution is 6.30. The van der Waals surface area contributed by atoms with Gasteiger partial charge >= 0.3 is 0 Å². The molecule has 0 amide bonds. The van der Waals surface area contributed by atoms with E-state index in [-0.39, 0.29) is 6.04 Å². The van der Waals surface area contributed by atoms with Crippen LogP contribution in [0.4, 0.5) is 5.69 Å². The normalized spacial score (nSPS) is 12.6. The molecule has 3 aromatic carbocycles. The molecule has 2 aromatic heterocycles. The quantitative estimate of drug-likeness (QED) is 0.203. The van der Waals surface area contributed by atoms with Crippen LogP contribution in [-0.4, -0.2) is 9.55 Å². The summed E-state index contributed by atoms with van der Waals surface area (Å²) >= 11 is 6.66. The Balaban J connectivity index is 1.75. The van der Waals surface area contributed by atoms with Gasteiger partial charge in [-0.1, -0.05) is 82.1 Å². The van der Waals surface area contributed by atoms with E-state index in [1.807, 2.05) is 12.1 Å². The molecule has 1 unspecified atom stereocenters. The van der Waals surface area contributed by atoms with Gasteiger partial charge in [-0.3, -0.25) is 0 Å². The molecule has 2 heterocycles. The van der Waals surface area contributed by atoms with Gasteiger partial charge in [0.05, 0.1) is 11.3 Å². The zero-order valence-electron chi connectivity index (χ0n) is 25.8. The first-order valence-electron chi connectivity index (χ1n) is 14.7. The van der Waals surface area contributed by atoms with E-state index in [0.29, 0.717) is 11.8 Å². The smallest absolute Gasteiger partial charge is 0.136 e. The Bertz CT molecular complexity index is 1670. The monoisotopic (exact) mass is 567 g/mol. The number of nitrogens with zero attached hydrogens (tertiary/aromatic N) is 2. The predicted octanol–water partition coefficient (Wildman–Crippen LogP) is 10.4. The molecule has 0 aliphatic heterocycles. The maximum atomic E-state index is 6.66. The number of halogens is 1. The zero-order chi connectivity index (χ0) is 29.6. The molecular weight excluding hydrogens is 526 g/mol. The summed E-state index contributed by atoms with van der Waals surface area (Å²) in [7, 11) is 2.10. The van der Waals surface area contributed by atoms with Crippen LogP contribution in [-0.2, 0) is 13.5 Å². The van der Waals surface area contributed by atoms with Crippen molar-refractivity contribution in [2.45, 2.75) is 79.7 Å². The van der Waals surface area contributed by atoms with Crippen molar-refractivity contribution < 1.29 is 4.42 Å². The van der Waals surface area contributed by atoms with Crippen LogP contribution in [0.15, 0.2) is 59.1 Å². The summed E-state index contributed by atoms with van der Waals surface area (Å²) in [5, 5.41) is 5.92. The van der Waals surface area contributed by atoms with Gasteiger partial charge in [-0.2, -0.15) is 0 Å². The Morgan fingerprint density at radius 1 is 0.927 bits per heavy atom. The predicted molar refractivity (Wildman–Crippen MR) is 174 cm³/mol. The van der Waals surface area contributed by atoms with Gasteiger partial charge in [-0.15, -0.1) is 0 Å². The summed E-state index contributed by atoms with van der Waals surface area (Å²) in [6.45, 7) is 17.6. The Labute approximate surface area is 249 Å². The molecule has 0 saturated carbocycles. The second kappa shape index (κ2) is 11.4. The highest BCUT2D eigenvalue weighted by atomic mass is 35.5. The summed E-state index contributed by atoms with van der Waals surface area (Å²) in [4.78, 5) is 5.37. The fourth-order valence-electron chi connectivity index (χ4n) is 6.28. The number of furan rings is 1. The Morgan fingerprint density at radius 2 is 1.54 bits per heavy atom. The van der Waals surface area contributed by atoms with Gasteiger partial charge in [0, 0.05) is 35.8 Å². The molecule has 0 aliphatic rings. The number of benzene rings is 3. The van der Waals surface area contributed by atoms with Crippen molar-refractivity contribution in [3.63, 3.8) is 0 Å². The molecule has 214 valence electrons. The van der Waals surface area contributed by atoms with Gasteiger partial charge in [-0.05, 0) is 78.6 Å². The summed E-state index contributed by atoms with van der Waals surface area (Å²) in [5.74, 6) is 2.53. The van der Waals surface area contributed by atoms with Crippen molar-refractivity contribution in [2.24, 2.45) is 7.05 Å². The number of rotatable bonds is 8. The summed E-state index contributed by atoms with van der Waals surface area (Å²) < 4.78 is 8.44. The Kier molecular flexibility index (Phi) is 8.07. The second-order valence-corrected chi connectivity index (χ2v) is 12.4. The molecule has 5 rings (SSSR count). The largest absolute Gasteiger partial charge is 0.460 e. The third-order valence-corrected chi connectivity index (χ3v) is 8.36. The molecule has 4 nitrogen and oxygen atoms in total. The van der Waals surface area contributed by atoms with E-state index in [9.17, 15) is 0 Å². The maximum absolute atomic E-state index is 6.66. The number of aromatic nitrogens is 2. The molecule has 0 spiro atoms. The average molecular weight is 568 g/mol.